The molecule has 1 aromatic heterocycles. The molecule has 7 heteroatoms. The van der Waals surface area contributed by atoms with Crippen LogP contribution in [0.4, 0.5) is 10.7 Å². The highest BCUT2D eigenvalue weighted by molar-refractivity contribution is 9.10. The van der Waals surface area contributed by atoms with E-state index in [1.165, 1.54) is 11.3 Å². The van der Waals surface area contributed by atoms with Crippen LogP contribution in [0.2, 0.25) is 0 Å². The number of amides is 1. The first-order valence-corrected chi connectivity index (χ1v) is 7.81. The quantitative estimate of drug-likeness (QED) is 0.638. The van der Waals surface area contributed by atoms with Crippen molar-refractivity contribution in [2.45, 2.75) is 6.92 Å². The molecule has 0 bridgehead atoms. The SMILES string of the molecule is CCOC(=O)c1ccsc1NC(=O)c1ccc(N)c(Br)c1. The van der Waals surface area contributed by atoms with Gasteiger partial charge in [0.05, 0.1) is 12.2 Å². The molecule has 1 aromatic carbocycles. The molecule has 0 spiro atoms. The number of hydrogen-bond acceptors (Lipinski definition) is 5. The van der Waals surface area contributed by atoms with E-state index in [0.717, 1.165) is 0 Å². The van der Waals surface area contributed by atoms with E-state index in [4.69, 9.17) is 10.5 Å². The van der Waals surface area contributed by atoms with Crippen molar-refractivity contribution in [3.05, 3.63) is 45.2 Å². The maximum Gasteiger partial charge on any atom is 0.341 e. The summed E-state index contributed by atoms with van der Waals surface area (Å²) < 4.78 is 5.59. The summed E-state index contributed by atoms with van der Waals surface area (Å²) in [6, 6.07) is 6.51. The maximum absolute atomic E-state index is 12.2. The lowest BCUT2D eigenvalue weighted by atomic mass is 10.2. The van der Waals surface area contributed by atoms with E-state index in [1.807, 2.05) is 0 Å². The van der Waals surface area contributed by atoms with Crippen LogP contribution in [0, 0.1) is 0 Å². The molecule has 2 aromatic rings. The number of nitrogens with two attached hydrogens (primary N) is 1. The topological polar surface area (TPSA) is 81.4 Å². The molecule has 0 atom stereocenters. The van der Waals surface area contributed by atoms with Gasteiger partial charge in [-0.15, -0.1) is 11.3 Å². The summed E-state index contributed by atoms with van der Waals surface area (Å²) >= 11 is 4.54. The molecule has 1 amide bonds. The Labute approximate surface area is 134 Å². The molecule has 3 N–H and O–H groups in total. The fourth-order valence-electron chi connectivity index (χ4n) is 1.62. The van der Waals surface area contributed by atoms with Gasteiger partial charge in [-0.1, -0.05) is 0 Å². The van der Waals surface area contributed by atoms with E-state index in [2.05, 4.69) is 21.2 Å². The largest absolute Gasteiger partial charge is 0.462 e. The summed E-state index contributed by atoms with van der Waals surface area (Å²) in [5.41, 5.74) is 7.03. The van der Waals surface area contributed by atoms with Crippen LogP contribution in [0.3, 0.4) is 0 Å². The summed E-state index contributed by atoms with van der Waals surface area (Å²) in [5, 5.41) is 4.90. The van der Waals surface area contributed by atoms with Gasteiger partial charge in [-0.3, -0.25) is 4.79 Å². The van der Waals surface area contributed by atoms with E-state index >= 15 is 0 Å². The Hall–Kier alpha value is -1.86. The van der Waals surface area contributed by atoms with Crippen LogP contribution in [-0.2, 0) is 4.74 Å². The predicted octanol–water partition coefficient (Wildman–Crippen LogP) is 3.52. The number of carbonyl (C=O) groups excluding carboxylic acids is 2. The molecular formula is C14H13BrN2O3S. The summed E-state index contributed by atoms with van der Waals surface area (Å²) in [6.07, 6.45) is 0. The molecule has 1 heterocycles. The molecule has 0 saturated heterocycles. The molecule has 0 unspecified atom stereocenters. The van der Waals surface area contributed by atoms with Crippen molar-refractivity contribution < 1.29 is 14.3 Å². The van der Waals surface area contributed by atoms with Crippen molar-refractivity contribution in [1.29, 1.82) is 0 Å². The lowest BCUT2D eigenvalue weighted by Crippen LogP contribution is -2.14. The molecular weight excluding hydrogens is 356 g/mol. The van der Waals surface area contributed by atoms with Crippen LogP contribution in [0.5, 0.6) is 0 Å². The van der Waals surface area contributed by atoms with E-state index in [-0.39, 0.29) is 12.5 Å². The minimum absolute atomic E-state index is 0.285. The summed E-state index contributed by atoms with van der Waals surface area (Å²) in [4.78, 5) is 23.9. The highest BCUT2D eigenvalue weighted by Gasteiger charge is 2.17. The lowest BCUT2D eigenvalue weighted by molar-refractivity contribution is 0.0528. The van der Waals surface area contributed by atoms with Crippen molar-refractivity contribution in [2.75, 3.05) is 17.7 Å². The Balaban J connectivity index is 2.18. The number of ether oxygens (including phenoxy) is 1. The summed E-state index contributed by atoms with van der Waals surface area (Å²) in [7, 11) is 0. The molecule has 0 aliphatic carbocycles. The molecule has 5 nitrogen and oxygen atoms in total. The van der Waals surface area contributed by atoms with Crippen molar-refractivity contribution in [3.8, 4) is 0 Å². The maximum atomic E-state index is 12.2. The van der Waals surface area contributed by atoms with E-state index in [1.54, 1.807) is 36.6 Å². The standard InChI is InChI=1S/C14H13BrN2O3S/c1-2-20-14(19)9-5-6-21-13(9)17-12(18)8-3-4-11(16)10(15)7-8/h3-7H,2,16H2,1H3,(H,17,18). The molecule has 21 heavy (non-hydrogen) atoms. The summed E-state index contributed by atoms with van der Waals surface area (Å²) in [5.74, 6) is -0.767. The van der Waals surface area contributed by atoms with Gasteiger partial charge in [0.2, 0.25) is 0 Å². The third kappa shape index (κ3) is 3.62. The highest BCUT2D eigenvalue weighted by Crippen LogP contribution is 2.26. The van der Waals surface area contributed by atoms with Crippen molar-refractivity contribution in [2.24, 2.45) is 0 Å². The van der Waals surface area contributed by atoms with E-state index in [0.29, 0.717) is 26.3 Å². The number of rotatable bonds is 4. The monoisotopic (exact) mass is 368 g/mol. The van der Waals surface area contributed by atoms with Gasteiger partial charge < -0.3 is 15.8 Å². The average Bonchev–Trinajstić information content (AvgIpc) is 2.90. The minimum atomic E-state index is -0.451. The molecule has 0 saturated carbocycles. The number of anilines is 2. The molecule has 0 radical (unpaired) electrons. The number of halogens is 1. The molecule has 0 fully saturated rings. The van der Waals surface area contributed by atoms with Crippen LogP contribution in [-0.4, -0.2) is 18.5 Å². The first kappa shape index (κ1) is 15.5. The number of thiophene rings is 1. The summed E-state index contributed by atoms with van der Waals surface area (Å²) in [6.45, 7) is 2.02. The second-order valence-corrected chi connectivity index (χ2v) is 5.84. The van der Waals surface area contributed by atoms with Crippen LogP contribution in [0.15, 0.2) is 34.1 Å². The lowest BCUT2D eigenvalue weighted by Gasteiger charge is -2.07. The van der Waals surface area contributed by atoms with Crippen molar-refractivity contribution in [1.82, 2.24) is 0 Å². The minimum Gasteiger partial charge on any atom is -0.462 e. The Bertz CT molecular complexity index is 685. The predicted molar refractivity (Wildman–Crippen MR) is 86.8 cm³/mol. The fraction of sp³-hybridized carbons (Fsp3) is 0.143. The first-order chi connectivity index (χ1) is 10.0. The third-order valence-corrected chi connectivity index (χ3v) is 4.17. The van der Waals surface area contributed by atoms with Crippen LogP contribution >= 0.6 is 27.3 Å². The van der Waals surface area contributed by atoms with E-state index < -0.39 is 5.97 Å². The Kier molecular flexibility index (Phi) is 4.98. The molecule has 0 aliphatic rings. The average molecular weight is 369 g/mol. The van der Waals surface area contributed by atoms with Gasteiger partial charge in [-0.2, -0.15) is 0 Å². The van der Waals surface area contributed by atoms with Crippen LogP contribution in [0.25, 0.3) is 0 Å². The zero-order valence-corrected chi connectivity index (χ0v) is 13.6. The Morgan fingerprint density at radius 3 is 2.81 bits per heavy atom. The van der Waals surface area contributed by atoms with E-state index in [9.17, 15) is 9.59 Å². The van der Waals surface area contributed by atoms with Crippen molar-refractivity contribution >= 4 is 49.8 Å². The van der Waals surface area contributed by atoms with Gasteiger partial charge in [-0.05, 0) is 52.5 Å². The Morgan fingerprint density at radius 2 is 2.14 bits per heavy atom. The van der Waals surface area contributed by atoms with Crippen LogP contribution < -0.4 is 11.1 Å². The number of hydrogen-bond donors (Lipinski definition) is 2. The second-order valence-electron chi connectivity index (χ2n) is 4.07. The number of carbonyl (C=O) groups is 2. The fourth-order valence-corrected chi connectivity index (χ4v) is 2.77. The number of esters is 1. The zero-order valence-electron chi connectivity index (χ0n) is 11.2. The van der Waals surface area contributed by atoms with Gasteiger partial charge in [0.25, 0.3) is 5.91 Å². The smallest absolute Gasteiger partial charge is 0.341 e. The van der Waals surface area contributed by atoms with Crippen molar-refractivity contribution in [3.63, 3.8) is 0 Å². The van der Waals surface area contributed by atoms with Gasteiger partial charge in [0, 0.05) is 15.7 Å². The normalized spacial score (nSPS) is 10.2. The number of nitrogen functional groups attached to an aromatic ring is 1. The zero-order chi connectivity index (χ0) is 15.4. The van der Waals surface area contributed by atoms with Crippen LogP contribution in [0.1, 0.15) is 27.6 Å². The van der Waals surface area contributed by atoms with Gasteiger partial charge in [-0.25, -0.2) is 4.79 Å². The van der Waals surface area contributed by atoms with Gasteiger partial charge in [0.15, 0.2) is 0 Å². The second kappa shape index (κ2) is 6.73. The highest BCUT2D eigenvalue weighted by atomic mass is 79.9. The molecule has 2 rings (SSSR count). The number of nitrogens with one attached hydrogen (secondary N) is 1. The molecule has 110 valence electrons. The molecule has 0 aliphatic heterocycles. The number of benzene rings is 1. The third-order valence-electron chi connectivity index (χ3n) is 2.65. The first-order valence-electron chi connectivity index (χ1n) is 6.14. The Morgan fingerprint density at radius 1 is 1.38 bits per heavy atom. The van der Waals surface area contributed by atoms with Gasteiger partial charge >= 0.3 is 5.97 Å². The van der Waals surface area contributed by atoms with Gasteiger partial charge in [0.1, 0.15) is 5.00 Å².